The Bertz CT molecular complexity index is 442. The fourth-order valence-corrected chi connectivity index (χ4v) is 3.57. The molecule has 1 atom stereocenters. The number of thioether (sulfide) groups is 1. The number of anilines is 1. The lowest BCUT2D eigenvalue weighted by molar-refractivity contribution is -0.133. The van der Waals surface area contributed by atoms with Crippen molar-refractivity contribution in [3.63, 3.8) is 0 Å². The van der Waals surface area contributed by atoms with E-state index in [-0.39, 0.29) is 11.9 Å². The number of carbonyl (C=O) groups excluding carboxylic acids is 1. The molecule has 0 radical (unpaired) electrons. The fourth-order valence-electron chi connectivity index (χ4n) is 2.64. The van der Waals surface area contributed by atoms with Gasteiger partial charge < -0.3 is 15.1 Å². The number of carbonyl (C=O) groups is 1. The van der Waals surface area contributed by atoms with Crippen molar-refractivity contribution in [1.82, 2.24) is 15.2 Å². The molecule has 1 aromatic heterocycles. The smallest absolute Gasteiger partial charge is 0.240 e. The van der Waals surface area contributed by atoms with Crippen LogP contribution in [0.15, 0.2) is 24.4 Å². The summed E-state index contributed by atoms with van der Waals surface area (Å²) in [5.41, 5.74) is 0. The zero-order valence-corrected chi connectivity index (χ0v) is 12.3. The van der Waals surface area contributed by atoms with E-state index < -0.39 is 0 Å². The van der Waals surface area contributed by atoms with Crippen LogP contribution in [0.1, 0.15) is 0 Å². The van der Waals surface area contributed by atoms with Gasteiger partial charge in [-0.1, -0.05) is 6.07 Å². The van der Waals surface area contributed by atoms with Gasteiger partial charge in [-0.2, -0.15) is 11.8 Å². The Balaban J connectivity index is 1.54. The second-order valence-corrected chi connectivity index (χ2v) is 6.23. The van der Waals surface area contributed by atoms with E-state index in [1.807, 2.05) is 41.1 Å². The summed E-state index contributed by atoms with van der Waals surface area (Å²) in [7, 11) is 0. The molecule has 0 spiro atoms. The summed E-state index contributed by atoms with van der Waals surface area (Å²) in [5.74, 6) is 3.28. The van der Waals surface area contributed by atoms with Crippen molar-refractivity contribution in [3.8, 4) is 0 Å². The molecule has 2 aliphatic rings. The molecule has 6 heteroatoms. The van der Waals surface area contributed by atoms with Crippen LogP contribution in [0.5, 0.6) is 0 Å². The Hall–Kier alpha value is -1.27. The van der Waals surface area contributed by atoms with Gasteiger partial charge in [0.25, 0.3) is 0 Å². The molecule has 1 N–H and O–H groups in total. The molecule has 2 fully saturated rings. The molecular formula is C14H20N4OS. The molecule has 1 unspecified atom stereocenters. The maximum absolute atomic E-state index is 12.4. The first-order chi connectivity index (χ1) is 9.84. The maximum atomic E-state index is 12.4. The highest BCUT2D eigenvalue weighted by molar-refractivity contribution is 7.99. The van der Waals surface area contributed by atoms with E-state index in [4.69, 9.17) is 0 Å². The first-order valence-electron chi connectivity index (χ1n) is 7.10. The number of aromatic nitrogens is 1. The van der Waals surface area contributed by atoms with E-state index in [0.717, 1.165) is 50.0 Å². The van der Waals surface area contributed by atoms with Crippen molar-refractivity contribution in [2.24, 2.45) is 0 Å². The van der Waals surface area contributed by atoms with Crippen LogP contribution in [0.25, 0.3) is 0 Å². The van der Waals surface area contributed by atoms with Crippen LogP contribution in [-0.4, -0.2) is 66.1 Å². The highest BCUT2D eigenvalue weighted by Gasteiger charge is 2.28. The Morgan fingerprint density at radius 1 is 1.30 bits per heavy atom. The van der Waals surface area contributed by atoms with Gasteiger partial charge in [0.2, 0.25) is 5.91 Å². The van der Waals surface area contributed by atoms with Crippen LogP contribution in [0.3, 0.4) is 0 Å². The van der Waals surface area contributed by atoms with Crippen molar-refractivity contribution in [1.29, 1.82) is 0 Å². The zero-order chi connectivity index (χ0) is 13.8. The van der Waals surface area contributed by atoms with Crippen LogP contribution in [-0.2, 0) is 4.79 Å². The average molecular weight is 292 g/mol. The number of amides is 1. The number of piperazine rings is 1. The van der Waals surface area contributed by atoms with Gasteiger partial charge in [-0.15, -0.1) is 0 Å². The van der Waals surface area contributed by atoms with Crippen molar-refractivity contribution < 1.29 is 4.79 Å². The van der Waals surface area contributed by atoms with Crippen molar-refractivity contribution >= 4 is 23.5 Å². The SMILES string of the molecule is O=C(C1CSCCN1)N1CCN(c2ccccn2)CC1. The van der Waals surface area contributed by atoms with Gasteiger partial charge in [0, 0.05) is 50.4 Å². The minimum absolute atomic E-state index is 0.00940. The predicted octanol–water partition coefficient (Wildman–Crippen LogP) is 0.435. The average Bonchev–Trinajstić information content (AvgIpc) is 2.56. The van der Waals surface area contributed by atoms with Crippen LogP contribution in [0.4, 0.5) is 5.82 Å². The van der Waals surface area contributed by atoms with E-state index in [1.165, 1.54) is 0 Å². The summed E-state index contributed by atoms with van der Waals surface area (Å²) < 4.78 is 0. The Labute approximate surface area is 123 Å². The Morgan fingerprint density at radius 2 is 2.15 bits per heavy atom. The molecule has 2 aliphatic heterocycles. The van der Waals surface area contributed by atoms with Crippen LogP contribution < -0.4 is 10.2 Å². The maximum Gasteiger partial charge on any atom is 0.240 e. The number of nitrogens with zero attached hydrogens (tertiary/aromatic N) is 3. The van der Waals surface area contributed by atoms with Gasteiger partial charge in [0.05, 0.1) is 6.04 Å². The molecule has 0 aliphatic carbocycles. The Kier molecular flexibility index (Phi) is 4.42. The zero-order valence-electron chi connectivity index (χ0n) is 11.5. The van der Waals surface area contributed by atoms with Gasteiger partial charge in [0.1, 0.15) is 5.82 Å². The lowest BCUT2D eigenvalue weighted by atomic mass is 10.2. The first kappa shape index (κ1) is 13.7. The van der Waals surface area contributed by atoms with E-state index in [2.05, 4.69) is 15.2 Å². The summed E-state index contributed by atoms with van der Waals surface area (Å²) in [5, 5.41) is 3.32. The van der Waals surface area contributed by atoms with E-state index in [0.29, 0.717) is 0 Å². The number of hydrogen-bond donors (Lipinski definition) is 1. The van der Waals surface area contributed by atoms with Gasteiger partial charge in [-0.05, 0) is 12.1 Å². The van der Waals surface area contributed by atoms with E-state index >= 15 is 0 Å². The van der Waals surface area contributed by atoms with Gasteiger partial charge >= 0.3 is 0 Å². The normalized spacial score (nSPS) is 23.7. The molecule has 20 heavy (non-hydrogen) atoms. The molecule has 0 aromatic carbocycles. The molecule has 5 nitrogen and oxygen atoms in total. The molecule has 2 saturated heterocycles. The summed E-state index contributed by atoms with van der Waals surface area (Å²) in [6.07, 6.45) is 1.82. The highest BCUT2D eigenvalue weighted by Crippen LogP contribution is 2.15. The molecule has 0 saturated carbocycles. The van der Waals surface area contributed by atoms with Crippen molar-refractivity contribution in [2.75, 3.05) is 49.1 Å². The predicted molar refractivity (Wildman–Crippen MR) is 82.1 cm³/mol. The third kappa shape index (κ3) is 3.07. The summed E-state index contributed by atoms with van der Waals surface area (Å²) in [6, 6.07) is 5.96. The number of hydrogen-bond acceptors (Lipinski definition) is 5. The van der Waals surface area contributed by atoms with Gasteiger partial charge in [0.15, 0.2) is 0 Å². The number of rotatable bonds is 2. The minimum Gasteiger partial charge on any atom is -0.353 e. The fraction of sp³-hybridized carbons (Fsp3) is 0.571. The monoisotopic (exact) mass is 292 g/mol. The molecule has 3 heterocycles. The summed E-state index contributed by atoms with van der Waals surface area (Å²) in [6.45, 7) is 4.25. The molecule has 108 valence electrons. The van der Waals surface area contributed by atoms with E-state index in [1.54, 1.807) is 0 Å². The molecular weight excluding hydrogens is 272 g/mol. The lowest BCUT2D eigenvalue weighted by Gasteiger charge is -2.37. The summed E-state index contributed by atoms with van der Waals surface area (Å²) >= 11 is 1.86. The number of pyridine rings is 1. The minimum atomic E-state index is 0.00940. The van der Waals surface area contributed by atoms with Crippen molar-refractivity contribution in [2.45, 2.75) is 6.04 Å². The molecule has 1 amide bonds. The topological polar surface area (TPSA) is 48.5 Å². The van der Waals surface area contributed by atoms with Crippen LogP contribution >= 0.6 is 11.8 Å². The van der Waals surface area contributed by atoms with E-state index in [9.17, 15) is 4.79 Å². The third-order valence-electron chi connectivity index (χ3n) is 3.78. The number of nitrogens with one attached hydrogen (secondary N) is 1. The standard InChI is InChI=1S/C14H20N4OS/c19-14(12-11-20-10-5-15-12)18-8-6-17(7-9-18)13-3-1-2-4-16-13/h1-4,12,15H,5-11H2. The molecule has 3 rings (SSSR count). The molecule has 0 bridgehead atoms. The second-order valence-electron chi connectivity index (χ2n) is 5.08. The highest BCUT2D eigenvalue weighted by atomic mass is 32.2. The van der Waals surface area contributed by atoms with Crippen molar-refractivity contribution in [3.05, 3.63) is 24.4 Å². The third-order valence-corrected chi connectivity index (χ3v) is 4.85. The Morgan fingerprint density at radius 3 is 2.80 bits per heavy atom. The summed E-state index contributed by atoms with van der Waals surface area (Å²) in [4.78, 5) is 21.0. The molecule has 1 aromatic rings. The quantitative estimate of drug-likeness (QED) is 0.857. The first-order valence-corrected chi connectivity index (χ1v) is 8.26. The van der Waals surface area contributed by atoms with Gasteiger partial charge in [-0.3, -0.25) is 4.79 Å². The largest absolute Gasteiger partial charge is 0.353 e. The second kappa shape index (κ2) is 6.45. The van der Waals surface area contributed by atoms with Crippen LogP contribution in [0.2, 0.25) is 0 Å². The van der Waals surface area contributed by atoms with Crippen LogP contribution in [0, 0.1) is 0 Å². The lowest BCUT2D eigenvalue weighted by Crippen LogP contribution is -2.56. The van der Waals surface area contributed by atoms with Gasteiger partial charge in [-0.25, -0.2) is 4.98 Å².